The highest BCUT2D eigenvalue weighted by molar-refractivity contribution is 6.05. The van der Waals surface area contributed by atoms with E-state index >= 15 is 0 Å². The number of amides is 2. The molecule has 2 N–H and O–H groups in total. The van der Waals surface area contributed by atoms with Crippen LogP contribution in [0.15, 0.2) is 66.7 Å². The van der Waals surface area contributed by atoms with Gasteiger partial charge in [0.25, 0.3) is 5.91 Å². The minimum absolute atomic E-state index is 0.143. The molecule has 0 saturated carbocycles. The van der Waals surface area contributed by atoms with Gasteiger partial charge < -0.3 is 20.1 Å². The number of hydrogen-bond donors (Lipinski definition) is 2. The van der Waals surface area contributed by atoms with Gasteiger partial charge in [0.05, 0.1) is 32.6 Å². The van der Waals surface area contributed by atoms with Crippen LogP contribution in [0.1, 0.15) is 15.9 Å². The number of benzene rings is 3. The van der Waals surface area contributed by atoms with Gasteiger partial charge in [-0.25, -0.2) is 0 Å². The number of ether oxygens (including phenoxy) is 2. The van der Waals surface area contributed by atoms with E-state index in [0.29, 0.717) is 35.9 Å². The maximum absolute atomic E-state index is 12.8. The summed E-state index contributed by atoms with van der Waals surface area (Å²) in [6.45, 7) is 5.04. The highest BCUT2D eigenvalue weighted by Crippen LogP contribution is 2.28. The normalized spacial score (nSPS) is 13.8. The van der Waals surface area contributed by atoms with Crippen LogP contribution >= 0.6 is 0 Å². The van der Waals surface area contributed by atoms with Gasteiger partial charge in [-0.3, -0.25) is 14.5 Å². The summed E-state index contributed by atoms with van der Waals surface area (Å²) in [5, 5.41) is 5.79. The van der Waals surface area contributed by atoms with Gasteiger partial charge in [0.1, 0.15) is 5.75 Å². The van der Waals surface area contributed by atoms with Crippen LogP contribution in [-0.2, 0) is 9.53 Å². The average molecular weight is 460 g/mol. The van der Waals surface area contributed by atoms with Crippen molar-refractivity contribution in [2.45, 2.75) is 6.92 Å². The maximum Gasteiger partial charge on any atom is 0.255 e. The summed E-state index contributed by atoms with van der Waals surface area (Å²) in [4.78, 5) is 27.4. The lowest BCUT2D eigenvalue weighted by molar-refractivity contribution is -0.118. The fourth-order valence-electron chi connectivity index (χ4n) is 3.88. The Balaban J connectivity index is 1.42. The summed E-state index contributed by atoms with van der Waals surface area (Å²) in [5.74, 6) is 0.151. The third-order valence-electron chi connectivity index (χ3n) is 5.70. The number of nitrogens with one attached hydrogen (secondary N) is 2. The molecule has 34 heavy (non-hydrogen) atoms. The zero-order valence-corrected chi connectivity index (χ0v) is 19.5. The summed E-state index contributed by atoms with van der Waals surface area (Å²) in [6.07, 6.45) is 0. The summed E-state index contributed by atoms with van der Waals surface area (Å²) in [6, 6.07) is 20.9. The predicted octanol–water partition coefficient (Wildman–Crippen LogP) is 4.19. The highest BCUT2D eigenvalue weighted by atomic mass is 16.5. The topological polar surface area (TPSA) is 79.9 Å². The molecular weight excluding hydrogens is 430 g/mol. The molecule has 0 radical (unpaired) electrons. The number of anilines is 2. The molecule has 7 nitrogen and oxygen atoms in total. The second-order valence-corrected chi connectivity index (χ2v) is 8.25. The molecule has 0 unspecified atom stereocenters. The lowest BCUT2D eigenvalue weighted by Crippen LogP contribution is -2.41. The van der Waals surface area contributed by atoms with E-state index in [0.717, 1.165) is 24.2 Å². The molecule has 3 aromatic rings. The van der Waals surface area contributed by atoms with Gasteiger partial charge in [-0.15, -0.1) is 0 Å². The van der Waals surface area contributed by atoms with E-state index in [1.807, 2.05) is 41.3 Å². The second-order valence-electron chi connectivity index (χ2n) is 8.25. The third kappa shape index (κ3) is 6.01. The molecular formula is C27H29N3O4. The number of nitrogens with zero attached hydrogens (tertiary/aromatic N) is 1. The maximum atomic E-state index is 12.8. The number of methoxy groups -OCH3 is 1. The van der Waals surface area contributed by atoms with Crippen molar-refractivity contribution in [2.75, 3.05) is 50.6 Å². The molecule has 0 atom stereocenters. The molecule has 4 rings (SSSR count). The molecule has 1 aliphatic rings. The summed E-state index contributed by atoms with van der Waals surface area (Å²) in [7, 11) is 1.54. The molecule has 1 fully saturated rings. The first-order chi connectivity index (χ1) is 16.5. The van der Waals surface area contributed by atoms with Crippen LogP contribution in [0.25, 0.3) is 11.1 Å². The molecule has 3 aromatic carbocycles. The van der Waals surface area contributed by atoms with Crippen molar-refractivity contribution < 1.29 is 19.1 Å². The van der Waals surface area contributed by atoms with Crippen molar-refractivity contribution in [2.24, 2.45) is 0 Å². The van der Waals surface area contributed by atoms with Crippen LogP contribution in [0.3, 0.4) is 0 Å². The van der Waals surface area contributed by atoms with Gasteiger partial charge in [-0.2, -0.15) is 0 Å². The fourth-order valence-corrected chi connectivity index (χ4v) is 3.88. The number of carbonyl (C=O) groups excluding carboxylic acids is 2. The number of rotatable bonds is 7. The SMILES string of the molecule is COc1ccc(NC(=O)c2ccc(-c3cccc(C)c3)cc2)cc1NC(=O)CN1CCOCC1. The fraction of sp³-hybridized carbons (Fsp3) is 0.259. The molecule has 2 amide bonds. The minimum atomic E-state index is -0.230. The molecule has 1 aliphatic heterocycles. The average Bonchev–Trinajstić information content (AvgIpc) is 2.85. The molecule has 176 valence electrons. The monoisotopic (exact) mass is 459 g/mol. The van der Waals surface area contributed by atoms with Crippen LogP contribution in [0.5, 0.6) is 5.75 Å². The Kier molecular flexibility index (Phi) is 7.57. The number of morpholine rings is 1. The lowest BCUT2D eigenvalue weighted by atomic mass is 10.0. The largest absolute Gasteiger partial charge is 0.495 e. The van der Waals surface area contributed by atoms with Crippen molar-refractivity contribution in [3.8, 4) is 16.9 Å². The Hall–Kier alpha value is -3.68. The van der Waals surface area contributed by atoms with Gasteiger partial charge >= 0.3 is 0 Å². The molecule has 1 heterocycles. The number of carbonyl (C=O) groups is 2. The van der Waals surface area contributed by atoms with Crippen LogP contribution in [0, 0.1) is 6.92 Å². The first kappa shape index (κ1) is 23.5. The molecule has 0 spiro atoms. The predicted molar refractivity (Wildman–Crippen MR) is 133 cm³/mol. The second kappa shape index (κ2) is 11.0. The number of hydrogen-bond acceptors (Lipinski definition) is 5. The molecule has 7 heteroatoms. The Morgan fingerprint density at radius 1 is 0.941 bits per heavy atom. The first-order valence-corrected chi connectivity index (χ1v) is 11.3. The van der Waals surface area contributed by atoms with Crippen LogP contribution in [-0.4, -0.2) is 56.7 Å². The molecule has 1 saturated heterocycles. The zero-order valence-electron chi connectivity index (χ0n) is 19.5. The quantitative estimate of drug-likeness (QED) is 0.554. The van der Waals surface area contributed by atoms with Gasteiger partial charge in [-0.1, -0.05) is 42.0 Å². The smallest absolute Gasteiger partial charge is 0.255 e. The van der Waals surface area contributed by atoms with Gasteiger partial charge in [-0.05, 0) is 48.4 Å². The van der Waals surface area contributed by atoms with E-state index in [-0.39, 0.29) is 18.4 Å². The lowest BCUT2D eigenvalue weighted by Gasteiger charge is -2.26. The molecule has 0 aromatic heterocycles. The molecule has 0 aliphatic carbocycles. The molecule has 0 bridgehead atoms. The van der Waals surface area contributed by atoms with Crippen molar-refractivity contribution >= 4 is 23.2 Å². The van der Waals surface area contributed by atoms with Crippen LogP contribution < -0.4 is 15.4 Å². The zero-order chi connectivity index (χ0) is 23.9. The van der Waals surface area contributed by atoms with E-state index < -0.39 is 0 Å². The van der Waals surface area contributed by atoms with Crippen molar-refractivity contribution in [3.63, 3.8) is 0 Å². The van der Waals surface area contributed by atoms with E-state index in [1.54, 1.807) is 25.3 Å². The van der Waals surface area contributed by atoms with Gasteiger partial charge in [0, 0.05) is 24.3 Å². The van der Waals surface area contributed by atoms with Crippen molar-refractivity contribution in [3.05, 3.63) is 77.9 Å². The highest BCUT2D eigenvalue weighted by Gasteiger charge is 2.16. The Labute approximate surface area is 199 Å². The van der Waals surface area contributed by atoms with Crippen molar-refractivity contribution in [1.29, 1.82) is 0 Å². The van der Waals surface area contributed by atoms with Crippen LogP contribution in [0.2, 0.25) is 0 Å². The summed E-state index contributed by atoms with van der Waals surface area (Å²) < 4.78 is 10.7. The van der Waals surface area contributed by atoms with E-state index in [4.69, 9.17) is 9.47 Å². The van der Waals surface area contributed by atoms with Gasteiger partial charge in [0.15, 0.2) is 0 Å². The third-order valence-corrected chi connectivity index (χ3v) is 5.70. The van der Waals surface area contributed by atoms with Crippen molar-refractivity contribution in [1.82, 2.24) is 4.90 Å². The summed E-state index contributed by atoms with van der Waals surface area (Å²) in [5.41, 5.74) is 4.97. The minimum Gasteiger partial charge on any atom is -0.495 e. The Bertz CT molecular complexity index is 1150. The Morgan fingerprint density at radius 2 is 1.71 bits per heavy atom. The number of aryl methyl sites for hydroxylation is 1. The first-order valence-electron chi connectivity index (χ1n) is 11.3. The van der Waals surface area contributed by atoms with Crippen LogP contribution in [0.4, 0.5) is 11.4 Å². The van der Waals surface area contributed by atoms with E-state index in [1.165, 1.54) is 5.56 Å². The van der Waals surface area contributed by atoms with E-state index in [2.05, 4.69) is 29.7 Å². The Morgan fingerprint density at radius 3 is 2.41 bits per heavy atom. The summed E-state index contributed by atoms with van der Waals surface area (Å²) >= 11 is 0. The van der Waals surface area contributed by atoms with Gasteiger partial charge in [0.2, 0.25) is 5.91 Å². The standard InChI is InChI=1S/C27H29N3O4/c1-19-4-3-5-22(16-19)20-6-8-21(9-7-20)27(32)28-23-10-11-25(33-2)24(17-23)29-26(31)18-30-12-14-34-15-13-30/h3-11,16-17H,12-15,18H2,1-2H3,(H,28,32)(H,29,31). The van der Waals surface area contributed by atoms with E-state index in [9.17, 15) is 9.59 Å².